The average Bonchev–Trinajstić information content (AvgIpc) is 2.67. The summed E-state index contributed by atoms with van der Waals surface area (Å²) < 4.78 is 11.6. The number of rotatable bonds is 0. The van der Waals surface area contributed by atoms with Crippen molar-refractivity contribution in [2.75, 3.05) is 0 Å². The predicted octanol–water partition coefficient (Wildman–Crippen LogP) is 2.14. The number of Topliss-reactive ketones (excluding diaryl/α,β-unsaturated/α-hetero) is 1. The van der Waals surface area contributed by atoms with Crippen LogP contribution in [0.4, 0.5) is 0 Å². The fraction of sp³-hybridized carbons (Fsp3) is 0.727. The van der Waals surface area contributed by atoms with Crippen LogP contribution in [0.25, 0.3) is 0 Å². The largest absolute Gasteiger partial charge is 0.339 e. The van der Waals surface area contributed by atoms with E-state index in [0.29, 0.717) is 0 Å². The molecule has 0 radical (unpaired) electrons. The van der Waals surface area contributed by atoms with E-state index < -0.39 is 11.9 Å². The molecule has 0 aromatic heterocycles. The Morgan fingerprint density at radius 1 is 1.27 bits per heavy atom. The van der Waals surface area contributed by atoms with Crippen LogP contribution in [0, 0.1) is 0 Å². The molecule has 2 atom stereocenters. The first-order valence-electron chi connectivity index (χ1n) is 5.47. The van der Waals surface area contributed by atoms with Crippen molar-refractivity contribution in [3.05, 3.63) is 11.1 Å². The van der Waals surface area contributed by atoms with E-state index in [1.165, 1.54) is 6.42 Å². The van der Waals surface area contributed by atoms with Gasteiger partial charge in [-0.2, -0.15) is 0 Å². The summed E-state index contributed by atoms with van der Waals surface area (Å²) in [5.41, 5.74) is 0. The Kier molecular flexibility index (Phi) is 2.16. The number of hydrogen-bond donors (Lipinski definition) is 0. The number of ether oxygens (including phenoxy) is 2. The van der Waals surface area contributed by atoms with Gasteiger partial charge in [-0.15, -0.1) is 0 Å². The van der Waals surface area contributed by atoms with Gasteiger partial charge < -0.3 is 9.47 Å². The summed E-state index contributed by atoms with van der Waals surface area (Å²) in [4.78, 5) is 11.6. The van der Waals surface area contributed by atoms with E-state index in [-0.39, 0.29) is 16.9 Å². The molecule has 2 unspecified atom stereocenters. The molecule has 1 aliphatic heterocycles. The molecule has 0 aromatic carbocycles. The van der Waals surface area contributed by atoms with Gasteiger partial charge in [0.1, 0.15) is 6.10 Å². The second-order valence-corrected chi connectivity index (χ2v) is 4.88. The first-order valence-corrected chi connectivity index (χ1v) is 5.85. The minimum Gasteiger partial charge on any atom is -0.339 e. The van der Waals surface area contributed by atoms with Crippen LogP contribution >= 0.6 is 11.6 Å². The number of fused-ring (bicyclic) bond motifs is 1. The van der Waals surface area contributed by atoms with Crippen LogP contribution in [0.2, 0.25) is 0 Å². The lowest BCUT2D eigenvalue weighted by atomic mass is 9.94. The van der Waals surface area contributed by atoms with Crippen LogP contribution in [0.1, 0.15) is 32.1 Å². The Labute approximate surface area is 93.4 Å². The lowest BCUT2D eigenvalue weighted by Gasteiger charge is -2.32. The van der Waals surface area contributed by atoms with Crippen LogP contribution in [0.5, 0.6) is 0 Å². The van der Waals surface area contributed by atoms with Crippen molar-refractivity contribution in [3.63, 3.8) is 0 Å². The minimum atomic E-state index is -0.489. The lowest BCUT2D eigenvalue weighted by Crippen LogP contribution is -2.34. The molecule has 0 N–H and O–H groups in total. The fourth-order valence-corrected chi connectivity index (χ4v) is 2.88. The molecule has 1 saturated heterocycles. The zero-order chi connectivity index (χ0) is 10.5. The number of ketones is 1. The molecular weight excluding hydrogens is 216 g/mol. The molecule has 2 aliphatic carbocycles. The normalized spacial score (nSPS) is 38.2. The SMILES string of the molecule is O=C1C(Cl)=CC2OC3(CCCCC3)OC12. The zero-order valence-electron chi connectivity index (χ0n) is 8.37. The van der Waals surface area contributed by atoms with E-state index in [0.717, 1.165) is 25.7 Å². The third kappa shape index (κ3) is 1.45. The topological polar surface area (TPSA) is 35.5 Å². The van der Waals surface area contributed by atoms with Crippen molar-refractivity contribution < 1.29 is 14.3 Å². The maximum absolute atomic E-state index is 11.6. The van der Waals surface area contributed by atoms with E-state index in [1.807, 2.05) is 0 Å². The standard InChI is InChI=1S/C11H13ClO3/c12-7-6-8-10(9(7)13)15-11(14-8)4-2-1-3-5-11/h6,8,10H,1-5H2. The maximum Gasteiger partial charge on any atom is 0.205 e. The molecule has 0 aromatic rings. The number of carbonyl (C=O) groups is 1. The van der Waals surface area contributed by atoms with Gasteiger partial charge in [-0.05, 0) is 18.9 Å². The second kappa shape index (κ2) is 3.30. The van der Waals surface area contributed by atoms with Gasteiger partial charge in [-0.25, -0.2) is 0 Å². The van der Waals surface area contributed by atoms with Crippen molar-refractivity contribution >= 4 is 17.4 Å². The van der Waals surface area contributed by atoms with E-state index in [9.17, 15) is 4.79 Å². The highest BCUT2D eigenvalue weighted by Gasteiger charge is 2.53. The number of carbonyl (C=O) groups excluding carboxylic acids is 1. The Hall–Kier alpha value is -0.380. The Bertz CT molecular complexity index is 331. The first-order chi connectivity index (χ1) is 7.20. The Balaban J connectivity index is 1.81. The molecule has 15 heavy (non-hydrogen) atoms. The monoisotopic (exact) mass is 228 g/mol. The highest BCUT2D eigenvalue weighted by Crippen LogP contribution is 2.44. The molecule has 3 rings (SSSR count). The van der Waals surface area contributed by atoms with Gasteiger partial charge in [0, 0.05) is 12.8 Å². The summed E-state index contributed by atoms with van der Waals surface area (Å²) >= 11 is 5.74. The van der Waals surface area contributed by atoms with Crippen LogP contribution in [-0.4, -0.2) is 23.8 Å². The van der Waals surface area contributed by atoms with E-state index >= 15 is 0 Å². The lowest BCUT2D eigenvalue weighted by molar-refractivity contribution is -0.192. The van der Waals surface area contributed by atoms with E-state index in [1.54, 1.807) is 6.08 Å². The first kappa shape index (κ1) is 9.82. The summed E-state index contributed by atoms with van der Waals surface area (Å²) in [5.74, 6) is -0.610. The van der Waals surface area contributed by atoms with Gasteiger partial charge in [0.25, 0.3) is 0 Å². The third-order valence-corrected chi connectivity index (χ3v) is 3.72. The molecule has 3 aliphatic rings. The maximum atomic E-state index is 11.6. The fourth-order valence-electron chi connectivity index (χ4n) is 2.65. The summed E-state index contributed by atoms with van der Waals surface area (Å²) in [6.45, 7) is 0. The molecule has 0 amide bonds. The van der Waals surface area contributed by atoms with Gasteiger partial charge in [-0.3, -0.25) is 4.79 Å². The summed E-state index contributed by atoms with van der Waals surface area (Å²) in [6.07, 6.45) is 6.22. The molecule has 2 fully saturated rings. The highest BCUT2D eigenvalue weighted by atomic mass is 35.5. The quantitative estimate of drug-likeness (QED) is 0.637. The molecule has 3 nitrogen and oxygen atoms in total. The van der Waals surface area contributed by atoms with Gasteiger partial charge in [-0.1, -0.05) is 18.0 Å². The van der Waals surface area contributed by atoms with Crippen molar-refractivity contribution in [3.8, 4) is 0 Å². The van der Waals surface area contributed by atoms with Crippen molar-refractivity contribution in [2.24, 2.45) is 0 Å². The smallest absolute Gasteiger partial charge is 0.205 e. The van der Waals surface area contributed by atoms with Crippen molar-refractivity contribution in [2.45, 2.75) is 50.1 Å². The Morgan fingerprint density at radius 2 is 2.00 bits per heavy atom. The van der Waals surface area contributed by atoms with Crippen LogP contribution in [-0.2, 0) is 14.3 Å². The van der Waals surface area contributed by atoms with Gasteiger partial charge in [0.15, 0.2) is 11.9 Å². The molecule has 82 valence electrons. The summed E-state index contributed by atoms with van der Waals surface area (Å²) in [7, 11) is 0. The predicted molar refractivity (Wildman–Crippen MR) is 54.5 cm³/mol. The van der Waals surface area contributed by atoms with Crippen molar-refractivity contribution in [1.29, 1.82) is 0 Å². The van der Waals surface area contributed by atoms with Crippen LogP contribution in [0.3, 0.4) is 0 Å². The van der Waals surface area contributed by atoms with Gasteiger partial charge in [0.2, 0.25) is 5.78 Å². The second-order valence-electron chi connectivity index (χ2n) is 4.47. The molecule has 1 heterocycles. The molecule has 0 bridgehead atoms. The number of hydrogen-bond acceptors (Lipinski definition) is 3. The average molecular weight is 229 g/mol. The Morgan fingerprint density at radius 3 is 2.67 bits per heavy atom. The minimum absolute atomic E-state index is 0.121. The van der Waals surface area contributed by atoms with Gasteiger partial charge in [0.05, 0.1) is 5.03 Å². The van der Waals surface area contributed by atoms with Crippen LogP contribution < -0.4 is 0 Å². The van der Waals surface area contributed by atoms with Crippen LogP contribution in [0.15, 0.2) is 11.1 Å². The molecule has 4 heteroatoms. The highest BCUT2D eigenvalue weighted by molar-refractivity contribution is 6.44. The summed E-state index contributed by atoms with van der Waals surface area (Å²) in [5, 5.41) is 0.260. The summed E-state index contributed by atoms with van der Waals surface area (Å²) in [6, 6.07) is 0. The zero-order valence-corrected chi connectivity index (χ0v) is 9.13. The molecular formula is C11H13ClO3. The van der Waals surface area contributed by atoms with Crippen molar-refractivity contribution in [1.82, 2.24) is 0 Å². The molecule has 1 spiro atoms. The van der Waals surface area contributed by atoms with E-state index in [2.05, 4.69) is 0 Å². The molecule has 1 saturated carbocycles. The van der Waals surface area contributed by atoms with E-state index in [4.69, 9.17) is 21.1 Å². The number of halogens is 1. The third-order valence-electron chi connectivity index (χ3n) is 3.41. The van der Waals surface area contributed by atoms with Gasteiger partial charge >= 0.3 is 0 Å².